The number of benzene rings is 1. The van der Waals surface area contributed by atoms with Crippen LogP contribution in [0, 0.1) is 13.8 Å². The van der Waals surface area contributed by atoms with Gasteiger partial charge in [-0.2, -0.15) is 9.61 Å². The standard InChI is InChI=1S/C21H27N5O/c1-16-4-6-18(7-5-16)19-15-23-26-20(14-17(2)24-21(19)26)22-8-3-9-25-10-12-27-13-11-25/h4-7,14-15,22H,3,8-13H2,1-2H3. The second kappa shape index (κ2) is 8.06. The lowest BCUT2D eigenvalue weighted by Crippen LogP contribution is -2.37. The van der Waals surface area contributed by atoms with Crippen molar-refractivity contribution in [1.82, 2.24) is 19.5 Å². The molecular weight excluding hydrogens is 338 g/mol. The third-order valence-electron chi connectivity index (χ3n) is 5.02. The van der Waals surface area contributed by atoms with Gasteiger partial charge in [0.2, 0.25) is 0 Å². The predicted octanol–water partition coefficient (Wildman–Crippen LogP) is 3.15. The van der Waals surface area contributed by atoms with Gasteiger partial charge >= 0.3 is 0 Å². The van der Waals surface area contributed by atoms with Crippen LogP contribution in [0.4, 0.5) is 5.82 Å². The maximum absolute atomic E-state index is 5.41. The van der Waals surface area contributed by atoms with Crippen molar-refractivity contribution >= 4 is 11.5 Å². The molecule has 1 fully saturated rings. The van der Waals surface area contributed by atoms with Crippen LogP contribution >= 0.6 is 0 Å². The summed E-state index contributed by atoms with van der Waals surface area (Å²) in [4.78, 5) is 7.20. The summed E-state index contributed by atoms with van der Waals surface area (Å²) in [6.07, 6.45) is 3.00. The molecule has 1 aliphatic heterocycles. The predicted molar refractivity (Wildman–Crippen MR) is 108 cm³/mol. The molecule has 1 aliphatic rings. The van der Waals surface area contributed by atoms with E-state index in [4.69, 9.17) is 9.72 Å². The van der Waals surface area contributed by atoms with Crippen molar-refractivity contribution in [3.63, 3.8) is 0 Å². The molecule has 142 valence electrons. The lowest BCUT2D eigenvalue weighted by molar-refractivity contribution is 0.0378. The molecule has 3 heterocycles. The van der Waals surface area contributed by atoms with Gasteiger partial charge in [0.15, 0.2) is 5.65 Å². The van der Waals surface area contributed by atoms with Crippen LogP contribution in [0.2, 0.25) is 0 Å². The second-order valence-electron chi connectivity index (χ2n) is 7.18. The molecule has 0 spiro atoms. The molecule has 0 unspecified atom stereocenters. The molecule has 1 saturated heterocycles. The van der Waals surface area contributed by atoms with Crippen molar-refractivity contribution in [3.05, 3.63) is 47.8 Å². The van der Waals surface area contributed by atoms with E-state index < -0.39 is 0 Å². The normalized spacial score (nSPS) is 15.3. The number of aromatic nitrogens is 3. The number of hydrogen-bond acceptors (Lipinski definition) is 5. The molecule has 2 aromatic heterocycles. The summed E-state index contributed by atoms with van der Waals surface area (Å²) in [6.45, 7) is 9.92. The van der Waals surface area contributed by atoms with Crippen LogP contribution in [0.1, 0.15) is 17.7 Å². The van der Waals surface area contributed by atoms with E-state index in [1.807, 2.05) is 17.6 Å². The number of aryl methyl sites for hydroxylation is 2. The van der Waals surface area contributed by atoms with Gasteiger partial charge in [0.1, 0.15) is 5.82 Å². The highest BCUT2D eigenvalue weighted by Crippen LogP contribution is 2.26. The van der Waals surface area contributed by atoms with E-state index in [1.165, 1.54) is 5.56 Å². The largest absolute Gasteiger partial charge is 0.379 e. The van der Waals surface area contributed by atoms with Gasteiger partial charge in [0, 0.05) is 37.0 Å². The number of rotatable bonds is 6. The zero-order valence-electron chi connectivity index (χ0n) is 16.1. The molecule has 0 saturated carbocycles. The molecule has 4 rings (SSSR count). The molecule has 0 amide bonds. The number of ether oxygens (including phenoxy) is 1. The molecular formula is C21H27N5O. The van der Waals surface area contributed by atoms with E-state index in [0.717, 1.165) is 74.1 Å². The van der Waals surface area contributed by atoms with Gasteiger partial charge in [-0.3, -0.25) is 4.90 Å². The molecule has 6 heteroatoms. The lowest BCUT2D eigenvalue weighted by atomic mass is 10.1. The van der Waals surface area contributed by atoms with Crippen LogP contribution < -0.4 is 5.32 Å². The summed E-state index contributed by atoms with van der Waals surface area (Å²) in [5.41, 5.74) is 5.35. The highest BCUT2D eigenvalue weighted by molar-refractivity contribution is 5.78. The van der Waals surface area contributed by atoms with Crippen LogP contribution in [-0.2, 0) is 4.74 Å². The van der Waals surface area contributed by atoms with E-state index in [0.29, 0.717) is 0 Å². The quantitative estimate of drug-likeness (QED) is 0.680. The Balaban J connectivity index is 1.48. The molecule has 0 bridgehead atoms. The molecule has 0 atom stereocenters. The molecule has 1 aromatic carbocycles. The first kappa shape index (κ1) is 17.9. The van der Waals surface area contributed by atoms with Gasteiger partial charge in [0.25, 0.3) is 0 Å². The smallest absolute Gasteiger partial charge is 0.165 e. The molecule has 0 aliphatic carbocycles. The van der Waals surface area contributed by atoms with Gasteiger partial charge in [-0.1, -0.05) is 29.8 Å². The first-order valence-electron chi connectivity index (χ1n) is 9.67. The zero-order valence-corrected chi connectivity index (χ0v) is 16.1. The Morgan fingerprint density at radius 3 is 2.67 bits per heavy atom. The third-order valence-corrected chi connectivity index (χ3v) is 5.02. The summed E-state index contributed by atoms with van der Waals surface area (Å²) in [6, 6.07) is 10.6. The average molecular weight is 365 g/mol. The fourth-order valence-corrected chi connectivity index (χ4v) is 3.49. The zero-order chi connectivity index (χ0) is 18.6. The van der Waals surface area contributed by atoms with E-state index in [1.54, 1.807) is 0 Å². The lowest BCUT2D eigenvalue weighted by Gasteiger charge is -2.26. The Morgan fingerprint density at radius 2 is 1.89 bits per heavy atom. The van der Waals surface area contributed by atoms with Crippen LogP contribution in [0.3, 0.4) is 0 Å². The summed E-state index contributed by atoms with van der Waals surface area (Å²) >= 11 is 0. The fourth-order valence-electron chi connectivity index (χ4n) is 3.49. The second-order valence-corrected chi connectivity index (χ2v) is 7.18. The minimum atomic E-state index is 0.854. The van der Waals surface area contributed by atoms with Crippen molar-refractivity contribution in [3.8, 4) is 11.1 Å². The number of morpholine rings is 1. The Hall–Kier alpha value is -2.44. The maximum atomic E-state index is 5.41. The van der Waals surface area contributed by atoms with Gasteiger partial charge in [-0.05, 0) is 32.4 Å². The average Bonchev–Trinajstić information content (AvgIpc) is 3.10. The van der Waals surface area contributed by atoms with Gasteiger partial charge in [-0.15, -0.1) is 0 Å². The Bertz CT molecular complexity index is 897. The number of nitrogens with one attached hydrogen (secondary N) is 1. The minimum Gasteiger partial charge on any atom is -0.379 e. The number of anilines is 1. The summed E-state index contributed by atoms with van der Waals surface area (Å²) in [5, 5.41) is 8.14. The van der Waals surface area contributed by atoms with E-state index in [2.05, 4.69) is 52.6 Å². The molecule has 3 aromatic rings. The third kappa shape index (κ3) is 4.12. The van der Waals surface area contributed by atoms with Crippen LogP contribution in [0.25, 0.3) is 16.8 Å². The van der Waals surface area contributed by atoms with Gasteiger partial charge < -0.3 is 10.1 Å². The van der Waals surface area contributed by atoms with Crippen molar-refractivity contribution < 1.29 is 4.74 Å². The highest BCUT2D eigenvalue weighted by Gasteiger charge is 2.13. The number of hydrogen-bond donors (Lipinski definition) is 1. The highest BCUT2D eigenvalue weighted by atomic mass is 16.5. The van der Waals surface area contributed by atoms with E-state index in [9.17, 15) is 0 Å². The van der Waals surface area contributed by atoms with Gasteiger partial charge in [-0.25, -0.2) is 4.98 Å². The van der Waals surface area contributed by atoms with Crippen LogP contribution in [0.5, 0.6) is 0 Å². The number of nitrogens with zero attached hydrogens (tertiary/aromatic N) is 4. The topological polar surface area (TPSA) is 54.7 Å². The van der Waals surface area contributed by atoms with Crippen molar-refractivity contribution in [1.29, 1.82) is 0 Å². The molecule has 0 radical (unpaired) electrons. The SMILES string of the molecule is Cc1ccc(-c2cnn3c(NCCCN4CCOCC4)cc(C)nc23)cc1. The Morgan fingerprint density at radius 1 is 1.11 bits per heavy atom. The fraction of sp³-hybridized carbons (Fsp3) is 0.429. The van der Waals surface area contributed by atoms with Crippen molar-refractivity contribution in [2.45, 2.75) is 20.3 Å². The van der Waals surface area contributed by atoms with Gasteiger partial charge in [0.05, 0.1) is 19.4 Å². The first-order chi connectivity index (χ1) is 13.2. The van der Waals surface area contributed by atoms with Crippen molar-refractivity contribution in [2.24, 2.45) is 0 Å². The maximum Gasteiger partial charge on any atom is 0.165 e. The van der Waals surface area contributed by atoms with Crippen LogP contribution in [-0.4, -0.2) is 58.9 Å². The van der Waals surface area contributed by atoms with Crippen molar-refractivity contribution in [2.75, 3.05) is 44.7 Å². The first-order valence-corrected chi connectivity index (χ1v) is 9.67. The number of fused-ring (bicyclic) bond motifs is 1. The minimum absolute atomic E-state index is 0.854. The summed E-state index contributed by atoms with van der Waals surface area (Å²) in [7, 11) is 0. The van der Waals surface area contributed by atoms with E-state index >= 15 is 0 Å². The molecule has 6 nitrogen and oxygen atoms in total. The monoisotopic (exact) mass is 365 g/mol. The Kier molecular flexibility index (Phi) is 5.36. The van der Waals surface area contributed by atoms with Crippen LogP contribution in [0.15, 0.2) is 36.5 Å². The molecule has 27 heavy (non-hydrogen) atoms. The molecule has 1 N–H and O–H groups in total. The summed E-state index contributed by atoms with van der Waals surface area (Å²) in [5.74, 6) is 0.998. The van der Waals surface area contributed by atoms with E-state index in [-0.39, 0.29) is 0 Å². The summed E-state index contributed by atoms with van der Waals surface area (Å²) < 4.78 is 7.32. The Labute approximate surface area is 160 Å².